The summed E-state index contributed by atoms with van der Waals surface area (Å²) in [6, 6.07) is 15.5. The Morgan fingerprint density at radius 2 is 0.957 bits per heavy atom. The number of hydrogen-bond acceptors (Lipinski definition) is 6. The number of carboxylic acid groups (broad SMARTS) is 2. The monoisotopic (exact) mass is 815 g/mol. The molecule has 0 aliphatic rings. The van der Waals surface area contributed by atoms with E-state index >= 15 is 8.78 Å². The number of halogens is 4. The molecule has 0 aliphatic heterocycles. The Bertz CT molecular complexity index is 2030. The van der Waals surface area contributed by atoms with Crippen molar-refractivity contribution in [2.75, 3.05) is 0 Å². The van der Waals surface area contributed by atoms with Crippen LogP contribution in [0.3, 0.4) is 0 Å². The quantitative estimate of drug-likeness (QED) is 0.182. The molecule has 4 aromatic heterocycles. The van der Waals surface area contributed by atoms with Gasteiger partial charge in [-0.2, -0.15) is 0 Å². The van der Waals surface area contributed by atoms with Gasteiger partial charge in [-0.25, -0.2) is 0 Å². The minimum absolute atomic E-state index is 0.0183. The maximum absolute atomic E-state index is 15.5. The van der Waals surface area contributed by atoms with E-state index in [9.17, 15) is 28.6 Å². The molecular weight excluding hydrogens is 797 g/mol. The van der Waals surface area contributed by atoms with E-state index in [-0.39, 0.29) is 52.9 Å². The van der Waals surface area contributed by atoms with E-state index in [1.807, 2.05) is 0 Å². The van der Waals surface area contributed by atoms with Crippen LogP contribution in [0.15, 0.2) is 97.6 Å². The van der Waals surface area contributed by atoms with Gasteiger partial charge in [0.2, 0.25) is 0 Å². The Labute approximate surface area is 271 Å². The molecule has 13 heteroatoms. The summed E-state index contributed by atoms with van der Waals surface area (Å²) in [6.07, 6.45) is 5.13. The molecule has 2 N–H and O–H groups in total. The van der Waals surface area contributed by atoms with Crippen molar-refractivity contribution in [1.82, 2.24) is 19.9 Å². The van der Waals surface area contributed by atoms with Crippen molar-refractivity contribution in [1.29, 1.82) is 0 Å². The number of aromatic carboxylic acids is 2. The molecule has 47 heavy (non-hydrogen) atoms. The molecule has 6 rings (SSSR count). The summed E-state index contributed by atoms with van der Waals surface area (Å²) < 4.78 is 60.5. The standard InChI is InChI=1S/2C17H9F2N2O2.Ir/c2*18-11-8-12(10-4-6-21-15(7-10)17(22)23)16(13(19)9-11)14-3-1-2-5-20-14;/h2*1-6,8-9H,(H,22,23);. The summed E-state index contributed by atoms with van der Waals surface area (Å²) in [5.41, 5.74) is -1.01. The van der Waals surface area contributed by atoms with Crippen LogP contribution in [0.1, 0.15) is 21.0 Å². The van der Waals surface area contributed by atoms with Crippen LogP contribution in [-0.2, 0) is 17.7 Å². The molecule has 0 unspecified atom stereocenters. The van der Waals surface area contributed by atoms with Crippen molar-refractivity contribution < 1.29 is 55.1 Å². The molecule has 0 fully saturated rings. The Morgan fingerprint density at radius 3 is 1.32 bits per heavy atom. The van der Waals surface area contributed by atoms with Crippen LogP contribution >= 0.6 is 0 Å². The van der Waals surface area contributed by atoms with Gasteiger partial charge >= 0.3 is 272 Å². The molecule has 0 radical (unpaired) electrons. The molecule has 6 aromatic rings. The van der Waals surface area contributed by atoms with Crippen molar-refractivity contribution >= 4 is 20.1 Å². The van der Waals surface area contributed by atoms with Crippen molar-refractivity contribution in [3.8, 4) is 44.8 Å². The fourth-order valence-corrected chi connectivity index (χ4v) is 8.61. The summed E-state index contributed by atoms with van der Waals surface area (Å²) in [7, 11) is 0. The molecule has 0 bridgehead atoms. The number of nitrogens with zero attached hydrogens (tertiary/aromatic N) is 4. The van der Waals surface area contributed by atoms with Crippen molar-refractivity contribution in [3.05, 3.63) is 132 Å². The molecular formula is C34H18F4IrN4O4. The van der Waals surface area contributed by atoms with Gasteiger partial charge in [0.05, 0.1) is 0 Å². The Balaban J connectivity index is 1.66. The van der Waals surface area contributed by atoms with Gasteiger partial charge in [-0.05, 0) is 0 Å². The molecule has 235 valence electrons. The number of pyridine rings is 4. The third-order valence-electron chi connectivity index (χ3n) is 6.84. The van der Waals surface area contributed by atoms with Crippen molar-refractivity contribution in [2.24, 2.45) is 0 Å². The van der Waals surface area contributed by atoms with E-state index in [1.54, 1.807) is 24.3 Å². The predicted octanol–water partition coefficient (Wildman–Crippen LogP) is 5.92. The number of rotatable bonds is 8. The average Bonchev–Trinajstić information content (AvgIpc) is 3.05. The fraction of sp³-hybridized carbons (Fsp3) is 0. The second-order valence-electron chi connectivity index (χ2n) is 9.74. The fourth-order valence-electron chi connectivity index (χ4n) is 4.93. The van der Waals surface area contributed by atoms with Gasteiger partial charge in [0.1, 0.15) is 0 Å². The zero-order chi connectivity index (χ0) is 33.2. The molecule has 0 atom stereocenters. The number of carboxylic acids is 2. The van der Waals surface area contributed by atoms with E-state index in [1.165, 1.54) is 36.7 Å². The van der Waals surface area contributed by atoms with Crippen LogP contribution < -0.4 is 8.15 Å². The van der Waals surface area contributed by atoms with Crippen molar-refractivity contribution in [2.45, 2.75) is 0 Å². The Morgan fingerprint density at radius 1 is 0.532 bits per heavy atom. The van der Waals surface area contributed by atoms with Crippen LogP contribution in [0.2, 0.25) is 0 Å². The first-order chi connectivity index (χ1) is 22.6. The summed E-state index contributed by atoms with van der Waals surface area (Å²) in [4.78, 5) is 41.5. The average molecular weight is 815 g/mol. The molecule has 0 saturated heterocycles. The van der Waals surface area contributed by atoms with E-state index < -0.39 is 64.3 Å². The Kier molecular flexibility index (Phi) is 8.66. The van der Waals surface area contributed by atoms with Gasteiger partial charge in [0.15, 0.2) is 0 Å². The normalized spacial score (nSPS) is 11.1. The number of carbonyl (C=O) groups is 2. The van der Waals surface area contributed by atoms with Gasteiger partial charge in [0, 0.05) is 0 Å². The molecule has 4 heterocycles. The number of aromatic nitrogens is 4. The number of benzene rings is 2. The third-order valence-corrected chi connectivity index (χ3v) is 10.5. The van der Waals surface area contributed by atoms with E-state index in [0.29, 0.717) is 12.1 Å². The van der Waals surface area contributed by atoms with Crippen molar-refractivity contribution in [3.63, 3.8) is 0 Å². The molecule has 2 aromatic carbocycles. The van der Waals surface area contributed by atoms with Gasteiger partial charge in [-0.3, -0.25) is 0 Å². The molecule has 0 saturated carbocycles. The van der Waals surface area contributed by atoms with Crippen LogP contribution in [0.5, 0.6) is 0 Å². The topological polar surface area (TPSA) is 126 Å². The summed E-state index contributed by atoms with van der Waals surface area (Å²) in [5.74, 6) is -6.84. The molecule has 0 amide bonds. The first kappa shape index (κ1) is 31.3. The minimum atomic E-state index is -2.20. The molecule has 8 nitrogen and oxygen atoms in total. The summed E-state index contributed by atoms with van der Waals surface area (Å²) in [6.45, 7) is 0. The zero-order valence-corrected chi connectivity index (χ0v) is 26.0. The van der Waals surface area contributed by atoms with Gasteiger partial charge in [-0.1, -0.05) is 0 Å². The van der Waals surface area contributed by atoms with Crippen LogP contribution in [0.4, 0.5) is 17.6 Å². The Hall–Kier alpha value is -5.65. The van der Waals surface area contributed by atoms with Gasteiger partial charge in [-0.15, -0.1) is 0 Å². The van der Waals surface area contributed by atoms with Crippen LogP contribution in [0.25, 0.3) is 44.8 Å². The summed E-state index contributed by atoms with van der Waals surface area (Å²) in [5, 5.41) is 20.4. The first-order valence-corrected chi connectivity index (χ1v) is 15.9. The zero-order valence-electron chi connectivity index (χ0n) is 23.6. The predicted molar refractivity (Wildman–Crippen MR) is 159 cm³/mol. The maximum atomic E-state index is 15.5. The summed E-state index contributed by atoms with van der Waals surface area (Å²) >= 11 is -2.20. The van der Waals surface area contributed by atoms with E-state index in [0.717, 1.165) is 24.5 Å². The molecule has 0 aliphatic carbocycles. The van der Waals surface area contributed by atoms with Gasteiger partial charge in [0.25, 0.3) is 0 Å². The van der Waals surface area contributed by atoms with Crippen LogP contribution in [-0.4, -0.2) is 42.1 Å². The SMILES string of the molecule is O=C(O)c1nccc(-c2cc(F)cc(F)c2-c2ccccn2)[c]1[Ir][c]1c(-c2cc(F)cc(F)c2-c2ccccn2)ccnc1C(=O)O. The number of hydrogen-bond donors (Lipinski definition) is 2. The first-order valence-electron chi connectivity index (χ1n) is 13.5. The molecule has 0 spiro atoms. The second-order valence-corrected chi connectivity index (χ2v) is 12.7. The van der Waals surface area contributed by atoms with Gasteiger partial charge < -0.3 is 0 Å². The van der Waals surface area contributed by atoms with E-state index in [4.69, 9.17) is 0 Å². The van der Waals surface area contributed by atoms with Crippen LogP contribution in [0, 0.1) is 23.3 Å². The van der Waals surface area contributed by atoms with E-state index in [2.05, 4.69) is 19.9 Å². The second kappa shape index (κ2) is 13.0. The third kappa shape index (κ3) is 6.13.